The third-order valence-electron chi connectivity index (χ3n) is 1.06. The Hall–Kier alpha value is -0.450. The third kappa shape index (κ3) is 2.55. The summed E-state index contributed by atoms with van der Waals surface area (Å²) in [6, 6.07) is -0.720. The maximum atomic E-state index is 8.89. The van der Waals surface area contributed by atoms with Gasteiger partial charge in [0.25, 0.3) is 0 Å². The molecule has 0 aliphatic rings. The molecule has 5 N–H and O–H groups in total. The van der Waals surface area contributed by atoms with Gasteiger partial charge in [0.2, 0.25) is 0 Å². The Morgan fingerprint density at radius 3 is 2.33 bits per heavy atom. The van der Waals surface area contributed by atoms with Crippen LogP contribution in [0, 0.1) is 5.41 Å². The Bertz CT molecular complexity index is 105. The van der Waals surface area contributed by atoms with Gasteiger partial charge in [-0.25, -0.2) is 0 Å². The van der Waals surface area contributed by atoms with Gasteiger partial charge in [-0.2, -0.15) is 0 Å². The molecule has 0 fully saturated rings. The van der Waals surface area contributed by atoms with Gasteiger partial charge in [-0.1, -0.05) is 0 Å². The first-order valence-corrected chi connectivity index (χ1v) is 2.69. The highest BCUT2D eigenvalue weighted by Crippen LogP contribution is 1.89. The summed E-state index contributed by atoms with van der Waals surface area (Å²) < 4.78 is 0. The first kappa shape index (κ1) is 8.55. The van der Waals surface area contributed by atoms with Crippen LogP contribution in [0.4, 0.5) is 0 Å². The molecule has 0 bridgehead atoms. The van der Waals surface area contributed by atoms with Gasteiger partial charge in [0.1, 0.15) is 6.10 Å². The third-order valence-corrected chi connectivity index (χ3v) is 1.06. The van der Waals surface area contributed by atoms with E-state index in [2.05, 4.69) is 0 Å². The smallest absolute Gasteiger partial charge is 0.108 e. The van der Waals surface area contributed by atoms with E-state index in [1.54, 1.807) is 0 Å². The molecule has 0 aliphatic carbocycles. The summed E-state index contributed by atoms with van der Waals surface area (Å²) in [6.45, 7) is 1.15. The lowest BCUT2D eigenvalue weighted by Crippen LogP contribution is -2.41. The van der Waals surface area contributed by atoms with Gasteiger partial charge in [-0.3, -0.25) is 0 Å². The minimum absolute atomic E-state index is 0.0801. The number of hydrogen-bond acceptors (Lipinski definition) is 4. The zero-order valence-electron chi connectivity index (χ0n) is 5.33. The summed E-state index contributed by atoms with van der Waals surface area (Å²) in [5.74, 6) is 0. The molecule has 0 spiro atoms. The summed E-state index contributed by atoms with van der Waals surface area (Å²) in [5.41, 5.74) is 5.26. The van der Waals surface area contributed by atoms with Crippen molar-refractivity contribution in [2.75, 3.05) is 6.61 Å². The van der Waals surface area contributed by atoms with Crippen LogP contribution in [0.3, 0.4) is 0 Å². The quantitative estimate of drug-likeness (QED) is 0.360. The molecule has 4 heteroatoms. The summed E-state index contributed by atoms with van der Waals surface area (Å²) >= 11 is 0. The Balaban J connectivity index is 3.72. The molecule has 1 unspecified atom stereocenters. The molecular weight excluding hydrogens is 120 g/mol. The summed E-state index contributed by atoms with van der Waals surface area (Å²) in [7, 11) is 0. The second kappa shape index (κ2) is 3.55. The molecule has 0 saturated carbocycles. The van der Waals surface area contributed by atoms with Gasteiger partial charge in [-0.15, -0.1) is 0 Å². The van der Waals surface area contributed by atoms with Gasteiger partial charge >= 0.3 is 0 Å². The van der Waals surface area contributed by atoms with Crippen LogP contribution in [-0.4, -0.2) is 34.7 Å². The minimum atomic E-state index is -1.00. The highest BCUT2D eigenvalue weighted by atomic mass is 16.3. The van der Waals surface area contributed by atoms with Gasteiger partial charge in [0.15, 0.2) is 0 Å². The molecular formula is C5H12N2O2. The van der Waals surface area contributed by atoms with Gasteiger partial charge < -0.3 is 21.4 Å². The molecule has 2 atom stereocenters. The van der Waals surface area contributed by atoms with Crippen LogP contribution in [0.2, 0.25) is 0 Å². The Labute approximate surface area is 53.8 Å². The van der Waals surface area contributed by atoms with Crippen LogP contribution in [0.1, 0.15) is 6.92 Å². The minimum Gasteiger partial charge on any atom is -0.395 e. The van der Waals surface area contributed by atoms with Crippen molar-refractivity contribution in [3.05, 3.63) is 0 Å². The van der Waals surface area contributed by atoms with Crippen LogP contribution in [-0.2, 0) is 0 Å². The van der Waals surface area contributed by atoms with E-state index in [4.69, 9.17) is 21.4 Å². The molecule has 9 heavy (non-hydrogen) atoms. The highest BCUT2D eigenvalue weighted by Gasteiger charge is 2.14. The second-order valence-electron chi connectivity index (χ2n) is 1.97. The van der Waals surface area contributed by atoms with Crippen molar-refractivity contribution < 1.29 is 10.2 Å². The molecule has 4 nitrogen and oxygen atoms in total. The molecule has 0 heterocycles. The van der Waals surface area contributed by atoms with Crippen molar-refractivity contribution in [2.24, 2.45) is 5.73 Å². The number of aliphatic hydroxyl groups excluding tert-OH is 2. The predicted molar refractivity (Wildman–Crippen MR) is 34.5 cm³/mol. The number of aliphatic hydroxyl groups is 2. The maximum Gasteiger partial charge on any atom is 0.108 e. The molecule has 0 aromatic heterocycles. The number of nitrogens with two attached hydrogens (primary N) is 1. The average molecular weight is 132 g/mol. The van der Waals surface area contributed by atoms with Crippen molar-refractivity contribution >= 4 is 5.71 Å². The SMILES string of the molecule is CC(=N)[C@@H](O)C(N)CO. The number of hydrogen-bond donors (Lipinski definition) is 4. The lowest BCUT2D eigenvalue weighted by atomic mass is 10.1. The van der Waals surface area contributed by atoms with Crippen molar-refractivity contribution in [2.45, 2.75) is 19.1 Å². The fourth-order valence-corrected chi connectivity index (χ4v) is 0.421. The standard InChI is InChI=1S/C5H12N2O2/c1-3(6)5(9)4(7)2-8/h4-6,8-9H,2,7H2,1H3/t4?,5-/m1/s1. The molecule has 0 aromatic rings. The van der Waals surface area contributed by atoms with E-state index >= 15 is 0 Å². The molecule has 0 aromatic carbocycles. The summed E-state index contributed by atoms with van der Waals surface area (Å²) in [6.07, 6.45) is -1.00. The van der Waals surface area contributed by atoms with Crippen LogP contribution >= 0.6 is 0 Å². The van der Waals surface area contributed by atoms with E-state index < -0.39 is 12.1 Å². The normalized spacial score (nSPS) is 16.9. The van der Waals surface area contributed by atoms with Crippen LogP contribution in [0.15, 0.2) is 0 Å². The summed E-state index contributed by atoms with van der Waals surface area (Å²) in [5, 5.41) is 24.2. The fourth-order valence-electron chi connectivity index (χ4n) is 0.421. The van der Waals surface area contributed by atoms with Gasteiger partial charge in [-0.05, 0) is 6.92 Å². The molecule has 0 amide bonds. The first-order valence-electron chi connectivity index (χ1n) is 2.69. The highest BCUT2D eigenvalue weighted by molar-refractivity contribution is 5.83. The monoisotopic (exact) mass is 132 g/mol. The largest absolute Gasteiger partial charge is 0.395 e. The van der Waals surface area contributed by atoms with Crippen LogP contribution in [0.5, 0.6) is 0 Å². The Kier molecular flexibility index (Phi) is 3.37. The second-order valence-corrected chi connectivity index (χ2v) is 1.97. The molecule has 0 radical (unpaired) electrons. The molecule has 54 valence electrons. The maximum absolute atomic E-state index is 8.89. The number of nitrogens with one attached hydrogen (secondary N) is 1. The van der Waals surface area contributed by atoms with Crippen molar-refractivity contribution in [1.82, 2.24) is 0 Å². The molecule has 0 aliphatic heterocycles. The van der Waals surface area contributed by atoms with E-state index in [1.807, 2.05) is 0 Å². The Morgan fingerprint density at radius 1 is 1.78 bits per heavy atom. The van der Waals surface area contributed by atoms with E-state index in [1.165, 1.54) is 6.92 Å². The lowest BCUT2D eigenvalue weighted by molar-refractivity contribution is 0.156. The lowest BCUT2D eigenvalue weighted by Gasteiger charge is -2.14. The zero-order valence-corrected chi connectivity index (χ0v) is 5.33. The summed E-state index contributed by atoms with van der Waals surface area (Å²) in [4.78, 5) is 0. The fraction of sp³-hybridized carbons (Fsp3) is 0.800. The van der Waals surface area contributed by atoms with Crippen molar-refractivity contribution in [3.63, 3.8) is 0 Å². The van der Waals surface area contributed by atoms with Gasteiger partial charge in [0, 0.05) is 5.71 Å². The van der Waals surface area contributed by atoms with E-state index in [9.17, 15) is 0 Å². The van der Waals surface area contributed by atoms with E-state index in [0.717, 1.165) is 0 Å². The first-order chi connectivity index (χ1) is 4.09. The molecule has 0 rings (SSSR count). The zero-order chi connectivity index (χ0) is 7.44. The van der Waals surface area contributed by atoms with Crippen LogP contribution < -0.4 is 5.73 Å². The topological polar surface area (TPSA) is 90.3 Å². The number of rotatable bonds is 3. The molecule has 0 saturated heterocycles. The van der Waals surface area contributed by atoms with Crippen LogP contribution in [0.25, 0.3) is 0 Å². The predicted octanol–water partition coefficient (Wildman–Crippen LogP) is -1.29. The van der Waals surface area contributed by atoms with E-state index in [0.29, 0.717) is 0 Å². The van der Waals surface area contributed by atoms with Crippen molar-refractivity contribution in [1.29, 1.82) is 5.41 Å². The van der Waals surface area contributed by atoms with Gasteiger partial charge in [0.05, 0.1) is 12.6 Å². The Morgan fingerprint density at radius 2 is 2.22 bits per heavy atom. The van der Waals surface area contributed by atoms with Crippen molar-refractivity contribution in [3.8, 4) is 0 Å². The van der Waals surface area contributed by atoms with E-state index in [-0.39, 0.29) is 12.3 Å². The average Bonchev–Trinajstić information content (AvgIpc) is 1.84.